The highest BCUT2D eigenvalue weighted by molar-refractivity contribution is 14.1. The number of benzene rings is 1. The van der Waals surface area contributed by atoms with Crippen molar-refractivity contribution in [1.29, 1.82) is 0 Å². The smallest absolute Gasteiger partial charge is 0.193 e. The molecule has 0 radical (unpaired) electrons. The molecule has 0 aliphatic rings. The predicted octanol–water partition coefficient (Wildman–Crippen LogP) is 4.17. The summed E-state index contributed by atoms with van der Waals surface area (Å²) in [7, 11) is 1.64. The van der Waals surface area contributed by atoms with E-state index < -0.39 is 0 Å². The monoisotopic (exact) mass is 324 g/mol. The minimum absolute atomic E-state index is 0.723. The minimum Gasteiger partial charge on any atom is -0.486 e. The van der Waals surface area contributed by atoms with Crippen LogP contribution in [0.5, 0.6) is 5.06 Å². The van der Waals surface area contributed by atoms with E-state index >= 15 is 0 Å². The van der Waals surface area contributed by atoms with Crippen LogP contribution >= 0.6 is 45.5 Å². The highest BCUT2D eigenvalue weighted by Crippen LogP contribution is 2.42. The van der Waals surface area contributed by atoms with Crippen molar-refractivity contribution in [3.05, 3.63) is 26.8 Å². The van der Waals surface area contributed by atoms with Gasteiger partial charge >= 0.3 is 0 Å². The summed E-state index contributed by atoms with van der Waals surface area (Å²) in [5.74, 6) is 0. The molecule has 1 aromatic heterocycles. The molecule has 0 aliphatic carbocycles. The van der Waals surface area contributed by atoms with Crippen LogP contribution in [0.1, 0.15) is 0 Å². The maximum absolute atomic E-state index is 6.11. The number of methoxy groups -OCH3 is 1. The first-order valence-corrected chi connectivity index (χ1v) is 5.92. The maximum atomic E-state index is 6.11. The van der Waals surface area contributed by atoms with Crippen molar-refractivity contribution >= 4 is 55.6 Å². The second-order valence-corrected chi connectivity index (χ2v) is 5.05. The fourth-order valence-electron chi connectivity index (χ4n) is 1.16. The second kappa shape index (κ2) is 3.63. The first-order valence-electron chi connectivity index (χ1n) is 3.64. The Morgan fingerprint density at radius 3 is 2.85 bits per heavy atom. The van der Waals surface area contributed by atoms with Gasteiger partial charge in [0.05, 0.1) is 11.8 Å². The summed E-state index contributed by atoms with van der Waals surface area (Å²) in [6.45, 7) is 0. The number of ether oxygens (including phenoxy) is 1. The molecule has 0 saturated heterocycles. The predicted molar refractivity (Wildman–Crippen MR) is 66.1 cm³/mol. The molecule has 0 saturated carbocycles. The Kier molecular flexibility index (Phi) is 2.67. The van der Waals surface area contributed by atoms with Crippen LogP contribution in [0.3, 0.4) is 0 Å². The molecule has 2 rings (SSSR count). The van der Waals surface area contributed by atoms with Gasteiger partial charge < -0.3 is 4.74 Å². The van der Waals surface area contributed by atoms with Gasteiger partial charge in [-0.1, -0.05) is 35.1 Å². The van der Waals surface area contributed by atoms with Crippen molar-refractivity contribution in [2.75, 3.05) is 7.11 Å². The molecule has 0 N–H and O–H groups in total. The zero-order valence-electron chi connectivity index (χ0n) is 6.80. The SMILES string of the molecule is COc1sc2c(I)cccc2c1Cl. The van der Waals surface area contributed by atoms with Gasteiger partial charge in [0.2, 0.25) is 0 Å². The number of fused-ring (bicyclic) bond motifs is 1. The number of thiophene rings is 1. The average Bonchev–Trinajstić information content (AvgIpc) is 2.45. The van der Waals surface area contributed by atoms with E-state index in [1.807, 2.05) is 12.1 Å². The summed E-state index contributed by atoms with van der Waals surface area (Å²) in [6.07, 6.45) is 0. The lowest BCUT2D eigenvalue weighted by Gasteiger charge is -1.92. The van der Waals surface area contributed by atoms with E-state index in [1.165, 1.54) is 8.27 Å². The quantitative estimate of drug-likeness (QED) is 0.716. The lowest BCUT2D eigenvalue weighted by molar-refractivity contribution is 0.427. The van der Waals surface area contributed by atoms with Gasteiger partial charge in [0.15, 0.2) is 5.06 Å². The normalized spacial score (nSPS) is 10.7. The molecule has 4 heteroatoms. The molecule has 2 aromatic rings. The Morgan fingerprint density at radius 2 is 2.23 bits per heavy atom. The van der Waals surface area contributed by atoms with Crippen LogP contribution in [-0.4, -0.2) is 7.11 Å². The van der Waals surface area contributed by atoms with Crippen molar-refractivity contribution in [3.8, 4) is 5.06 Å². The van der Waals surface area contributed by atoms with Crippen LogP contribution in [-0.2, 0) is 0 Å². The lowest BCUT2D eigenvalue weighted by Crippen LogP contribution is -1.75. The molecule has 0 bridgehead atoms. The van der Waals surface area contributed by atoms with Gasteiger partial charge in [-0.25, -0.2) is 0 Å². The van der Waals surface area contributed by atoms with Crippen LogP contribution in [0.2, 0.25) is 5.02 Å². The molecule has 1 heterocycles. The molecule has 0 aliphatic heterocycles. The van der Waals surface area contributed by atoms with E-state index in [0.29, 0.717) is 0 Å². The van der Waals surface area contributed by atoms with E-state index in [2.05, 4.69) is 28.7 Å². The first-order chi connectivity index (χ1) is 6.24. The standard InChI is InChI=1S/C9H6ClIOS/c1-12-9-7(10)5-3-2-4-6(11)8(5)13-9/h2-4H,1H3. The highest BCUT2D eigenvalue weighted by Gasteiger charge is 2.11. The van der Waals surface area contributed by atoms with Crippen LogP contribution in [0.25, 0.3) is 10.1 Å². The van der Waals surface area contributed by atoms with Crippen molar-refractivity contribution in [2.45, 2.75) is 0 Å². The number of hydrogen-bond acceptors (Lipinski definition) is 2. The molecule has 1 aromatic carbocycles. The Balaban J connectivity index is 2.83. The van der Waals surface area contributed by atoms with Gasteiger partial charge in [0.1, 0.15) is 5.02 Å². The lowest BCUT2D eigenvalue weighted by atomic mass is 10.3. The molecule has 0 atom stereocenters. The molecule has 0 spiro atoms. The fraction of sp³-hybridized carbons (Fsp3) is 0.111. The van der Waals surface area contributed by atoms with Crippen molar-refractivity contribution < 1.29 is 4.74 Å². The number of hydrogen-bond donors (Lipinski definition) is 0. The van der Waals surface area contributed by atoms with E-state index in [1.54, 1.807) is 18.4 Å². The van der Waals surface area contributed by atoms with E-state index in [4.69, 9.17) is 16.3 Å². The molecule has 13 heavy (non-hydrogen) atoms. The molecule has 0 unspecified atom stereocenters. The molecule has 1 nitrogen and oxygen atoms in total. The fourth-order valence-corrected chi connectivity index (χ4v) is 3.31. The second-order valence-electron chi connectivity index (χ2n) is 2.52. The Bertz CT molecular complexity index is 452. The molecule has 0 amide bonds. The van der Waals surface area contributed by atoms with E-state index in [-0.39, 0.29) is 0 Å². The van der Waals surface area contributed by atoms with Crippen molar-refractivity contribution in [1.82, 2.24) is 0 Å². The minimum atomic E-state index is 0.723. The van der Waals surface area contributed by atoms with E-state index in [9.17, 15) is 0 Å². The third-order valence-electron chi connectivity index (χ3n) is 1.76. The zero-order valence-corrected chi connectivity index (χ0v) is 10.5. The Hall–Kier alpha value is -0.0000000000000000555. The van der Waals surface area contributed by atoms with Crippen LogP contribution < -0.4 is 4.74 Å². The summed E-state index contributed by atoms with van der Waals surface area (Å²) in [4.78, 5) is 0. The van der Waals surface area contributed by atoms with E-state index in [0.717, 1.165) is 15.5 Å². The van der Waals surface area contributed by atoms with Crippen molar-refractivity contribution in [2.24, 2.45) is 0 Å². The average molecular weight is 325 g/mol. The van der Waals surface area contributed by atoms with Gasteiger partial charge in [0, 0.05) is 8.96 Å². The summed E-state index contributed by atoms with van der Waals surface area (Å²) < 4.78 is 7.58. The van der Waals surface area contributed by atoms with Gasteiger partial charge in [-0.3, -0.25) is 0 Å². The van der Waals surface area contributed by atoms with Gasteiger partial charge in [-0.15, -0.1) is 0 Å². The zero-order chi connectivity index (χ0) is 9.42. The van der Waals surface area contributed by atoms with Crippen LogP contribution in [0, 0.1) is 3.57 Å². The summed E-state index contributed by atoms with van der Waals surface area (Å²) >= 11 is 10.0. The maximum Gasteiger partial charge on any atom is 0.193 e. The van der Waals surface area contributed by atoms with Gasteiger partial charge in [-0.2, -0.15) is 0 Å². The Labute approximate surface area is 98.8 Å². The van der Waals surface area contributed by atoms with Gasteiger partial charge in [0.25, 0.3) is 0 Å². The third-order valence-corrected chi connectivity index (χ3v) is 4.72. The summed E-state index contributed by atoms with van der Waals surface area (Å²) in [5.41, 5.74) is 0. The molecule has 0 fully saturated rings. The van der Waals surface area contributed by atoms with Crippen molar-refractivity contribution in [3.63, 3.8) is 0 Å². The highest BCUT2D eigenvalue weighted by atomic mass is 127. The van der Waals surface area contributed by atoms with Gasteiger partial charge in [-0.05, 0) is 28.7 Å². The molecular formula is C9H6ClIOS. The number of rotatable bonds is 1. The largest absolute Gasteiger partial charge is 0.486 e. The molecule has 68 valence electrons. The topological polar surface area (TPSA) is 9.23 Å². The summed E-state index contributed by atoms with van der Waals surface area (Å²) in [5, 5.41) is 2.59. The molecular weight excluding hydrogens is 319 g/mol. The van der Waals surface area contributed by atoms with Crippen LogP contribution in [0.4, 0.5) is 0 Å². The summed E-state index contributed by atoms with van der Waals surface area (Å²) in [6, 6.07) is 6.08. The first kappa shape index (κ1) is 9.55. The third kappa shape index (κ3) is 1.53. The Morgan fingerprint density at radius 1 is 1.46 bits per heavy atom. The number of halogens is 2. The van der Waals surface area contributed by atoms with Crippen LogP contribution in [0.15, 0.2) is 18.2 Å².